The smallest absolute Gasteiger partial charge is 0.261 e. The molecule has 0 fully saturated rings. The Bertz CT molecular complexity index is 1210. The van der Waals surface area contributed by atoms with Crippen LogP contribution in [0.3, 0.4) is 0 Å². The molecule has 6 nitrogen and oxygen atoms in total. The van der Waals surface area contributed by atoms with Crippen LogP contribution in [-0.2, 0) is 10.0 Å². The molecule has 2 heterocycles. The van der Waals surface area contributed by atoms with Crippen LogP contribution in [-0.4, -0.2) is 23.6 Å². The van der Waals surface area contributed by atoms with Gasteiger partial charge in [-0.2, -0.15) is 5.10 Å². The highest BCUT2D eigenvalue weighted by molar-refractivity contribution is 7.92. The van der Waals surface area contributed by atoms with Gasteiger partial charge >= 0.3 is 0 Å². The molecule has 0 aliphatic heterocycles. The van der Waals surface area contributed by atoms with Crippen LogP contribution in [0.5, 0.6) is 0 Å². The van der Waals surface area contributed by atoms with Gasteiger partial charge in [-0.1, -0.05) is 23.7 Å². The van der Waals surface area contributed by atoms with Gasteiger partial charge in [0.05, 0.1) is 16.8 Å². The molecular weight excluding hydrogens is 396 g/mol. The summed E-state index contributed by atoms with van der Waals surface area (Å²) in [5.74, 6) is 0. The van der Waals surface area contributed by atoms with Gasteiger partial charge in [0, 0.05) is 34.2 Å². The molecule has 4 rings (SSSR count). The predicted octanol–water partition coefficient (Wildman–Crippen LogP) is 4.59. The van der Waals surface area contributed by atoms with Crippen molar-refractivity contribution < 1.29 is 8.42 Å². The Morgan fingerprint density at radius 3 is 2.43 bits per heavy atom. The molecule has 0 unspecified atom stereocenters. The van der Waals surface area contributed by atoms with Crippen molar-refractivity contribution in [3.63, 3.8) is 0 Å². The van der Waals surface area contributed by atoms with Crippen molar-refractivity contribution in [2.24, 2.45) is 0 Å². The molecule has 0 radical (unpaired) electrons. The van der Waals surface area contributed by atoms with E-state index in [1.165, 1.54) is 24.3 Å². The predicted molar refractivity (Wildman–Crippen MR) is 110 cm³/mol. The number of hydrogen-bond donors (Lipinski definition) is 2. The van der Waals surface area contributed by atoms with Gasteiger partial charge in [0.15, 0.2) is 0 Å². The first-order valence-corrected chi connectivity index (χ1v) is 10.2. The van der Waals surface area contributed by atoms with Crippen molar-refractivity contribution in [1.29, 1.82) is 0 Å². The van der Waals surface area contributed by atoms with Crippen molar-refractivity contribution in [3.05, 3.63) is 84.3 Å². The van der Waals surface area contributed by atoms with Gasteiger partial charge in [-0.15, -0.1) is 0 Å². The Kier molecular flexibility index (Phi) is 4.85. The average Bonchev–Trinajstić information content (AvgIpc) is 3.19. The maximum atomic E-state index is 12.6. The van der Waals surface area contributed by atoms with Gasteiger partial charge in [-0.05, 0) is 54.1 Å². The first-order valence-electron chi connectivity index (χ1n) is 8.35. The zero-order valence-corrected chi connectivity index (χ0v) is 16.1. The number of halogens is 1. The Hall–Kier alpha value is -3.16. The van der Waals surface area contributed by atoms with Crippen molar-refractivity contribution in [2.75, 3.05) is 4.72 Å². The average molecular weight is 411 g/mol. The van der Waals surface area contributed by atoms with Gasteiger partial charge in [0.25, 0.3) is 10.0 Å². The number of H-pyrrole nitrogens is 1. The van der Waals surface area contributed by atoms with E-state index in [1.54, 1.807) is 36.8 Å². The van der Waals surface area contributed by atoms with Crippen LogP contribution >= 0.6 is 11.6 Å². The van der Waals surface area contributed by atoms with Gasteiger partial charge in [0.2, 0.25) is 0 Å². The highest BCUT2D eigenvalue weighted by atomic mass is 35.5. The molecule has 8 heteroatoms. The molecule has 2 N–H and O–H groups in total. The lowest BCUT2D eigenvalue weighted by atomic mass is 10.0. The molecule has 2 aromatic carbocycles. The number of nitrogens with one attached hydrogen (secondary N) is 2. The summed E-state index contributed by atoms with van der Waals surface area (Å²) in [6.45, 7) is 0. The minimum atomic E-state index is -3.72. The van der Waals surface area contributed by atoms with E-state index in [9.17, 15) is 8.42 Å². The second-order valence-electron chi connectivity index (χ2n) is 6.03. The fraction of sp³-hybridized carbons (Fsp3) is 0. The highest BCUT2D eigenvalue weighted by Gasteiger charge is 2.15. The minimum absolute atomic E-state index is 0.140. The number of anilines is 1. The van der Waals surface area contributed by atoms with E-state index in [0.29, 0.717) is 10.7 Å². The van der Waals surface area contributed by atoms with E-state index in [-0.39, 0.29) is 4.90 Å². The van der Waals surface area contributed by atoms with E-state index in [0.717, 1.165) is 22.4 Å². The Balaban J connectivity index is 1.66. The summed E-state index contributed by atoms with van der Waals surface area (Å²) in [7, 11) is -3.72. The monoisotopic (exact) mass is 410 g/mol. The third kappa shape index (κ3) is 3.76. The van der Waals surface area contributed by atoms with Crippen molar-refractivity contribution in [1.82, 2.24) is 15.2 Å². The molecule has 0 aliphatic rings. The number of sulfonamides is 1. The quantitative estimate of drug-likeness (QED) is 0.503. The van der Waals surface area contributed by atoms with Gasteiger partial charge in [-0.3, -0.25) is 14.8 Å². The number of benzene rings is 2. The van der Waals surface area contributed by atoms with Crippen LogP contribution in [0.25, 0.3) is 22.4 Å². The van der Waals surface area contributed by atoms with Crippen LogP contribution < -0.4 is 4.72 Å². The number of pyridine rings is 1. The number of aromatic amines is 1. The summed E-state index contributed by atoms with van der Waals surface area (Å²) < 4.78 is 27.8. The molecule has 0 atom stereocenters. The lowest BCUT2D eigenvalue weighted by Crippen LogP contribution is -2.12. The number of hydrogen-bond acceptors (Lipinski definition) is 4. The zero-order valence-electron chi connectivity index (χ0n) is 14.5. The summed E-state index contributed by atoms with van der Waals surface area (Å²) in [6.07, 6.45) is 5.15. The van der Waals surface area contributed by atoms with E-state index < -0.39 is 10.0 Å². The van der Waals surface area contributed by atoms with Crippen LogP contribution in [0.1, 0.15) is 0 Å². The molecule has 0 amide bonds. The third-order valence-corrected chi connectivity index (χ3v) is 5.81. The summed E-state index contributed by atoms with van der Waals surface area (Å²) in [5, 5.41) is 7.60. The summed E-state index contributed by atoms with van der Waals surface area (Å²) in [6, 6.07) is 16.9. The minimum Gasteiger partial charge on any atom is -0.280 e. The van der Waals surface area contributed by atoms with Gasteiger partial charge < -0.3 is 0 Å². The second-order valence-corrected chi connectivity index (χ2v) is 8.15. The van der Waals surface area contributed by atoms with Crippen molar-refractivity contribution in [3.8, 4) is 22.4 Å². The first kappa shape index (κ1) is 18.2. The molecule has 2 aromatic heterocycles. The zero-order chi connectivity index (χ0) is 19.6. The van der Waals surface area contributed by atoms with E-state index >= 15 is 0 Å². The summed E-state index contributed by atoms with van der Waals surface area (Å²) >= 11 is 5.84. The normalized spacial score (nSPS) is 11.3. The van der Waals surface area contributed by atoms with E-state index in [1.807, 2.05) is 18.2 Å². The maximum Gasteiger partial charge on any atom is 0.261 e. The summed E-state index contributed by atoms with van der Waals surface area (Å²) in [5.41, 5.74) is 3.91. The Morgan fingerprint density at radius 1 is 0.929 bits per heavy atom. The molecule has 0 bridgehead atoms. The van der Waals surface area contributed by atoms with Crippen LogP contribution in [0.2, 0.25) is 5.02 Å². The van der Waals surface area contributed by atoms with Gasteiger partial charge in [0.1, 0.15) is 0 Å². The SMILES string of the molecule is O=S(=O)(Nc1cccc(-c2[nH]ncc2-c2ccncc2)c1)c1ccc(Cl)cc1. The maximum absolute atomic E-state index is 12.6. The molecule has 4 aromatic rings. The standard InChI is InChI=1S/C20H15ClN4O2S/c21-16-4-6-18(7-5-16)28(26,27)25-17-3-1-2-15(12-17)20-19(13-23-24-20)14-8-10-22-11-9-14/h1-13,25H,(H,23,24). The first-order chi connectivity index (χ1) is 13.5. The largest absolute Gasteiger partial charge is 0.280 e. The number of rotatable bonds is 5. The van der Waals surface area contributed by atoms with Crippen LogP contribution in [0, 0.1) is 0 Å². The molecular formula is C20H15ClN4O2S. The van der Waals surface area contributed by atoms with Crippen molar-refractivity contribution >= 4 is 27.3 Å². The van der Waals surface area contributed by atoms with Crippen LogP contribution in [0.15, 0.2) is 84.1 Å². The molecule has 28 heavy (non-hydrogen) atoms. The fourth-order valence-corrected chi connectivity index (χ4v) is 4.00. The van der Waals surface area contributed by atoms with Crippen LogP contribution in [0.4, 0.5) is 5.69 Å². The molecule has 0 aliphatic carbocycles. The van der Waals surface area contributed by atoms with E-state index in [4.69, 9.17) is 11.6 Å². The lowest BCUT2D eigenvalue weighted by Gasteiger charge is -2.10. The fourth-order valence-electron chi connectivity index (χ4n) is 2.82. The molecule has 140 valence electrons. The lowest BCUT2D eigenvalue weighted by molar-refractivity contribution is 0.601. The Labute approximate surface area is 167 Å². The van der Waals surface area contributed by atoms with Crippen molar-refractivity contribution in [2.45, 2.75) is 4.90 Å². The number of aromatic nitrogens is 3. The van der Waals surface area contributed by atoms with E-state index in [2.05, 4.69) is 19.9 Å². The Morgan fingerprint density at radius 2 is 1.68 bits per heavy atom. The molecule has 0 saturated carbocycles. The third-order valence-electron chi connectivity index (χ3n) is 4.16. The number of nitrogens with zero attached hydrogens (tertiary/aromatic N) is 2. The topological polar surface area (TPSA) is 87.7 Å². The molecule has 0 saturated heterocycles. The molecule has 0 spiro atoms. The highest BCUT2D eigenvalue weighted by Crippen LogP contribution is 2.31. The second kappa shape index (κ2) is 7.46. The van der Waals surface area contributed by atoms with Gasteiger partial charge in [-0.25, -0.2) is 8.42 Å². The summed E-state index contributed by atoms with van der Waals surface area (Å²) in [4.78, 5) is 4.17.